The minimum Gasteiger partial charge on any atom is -0.380 e. The highest BCUT2D eigenvalue weighted by atomic mass is 32.1. The first-order chi connectivity index (χ1) is 12.8. The minimum atomic E-state index is -0.237. The molecule has 6 heteroatoms. The van der Waals surface area contributed by atoms with Gasteiger partial charge in [-0.15, -0.1) is 0 Å². The molecule has 2 aromatic heterocycles. The molecular weight excluding hydrogens is 346 g/mol. The highest BCUT2D eigenvalue weighted by Gasteiger charge is 2.12. The van der Waals surface area contributed by atoms with Gasteiger partial charge >= 0.3 is 0 Å². The van der Waals surface area contributed by atoms with Gasteiger partial charge in [0.05, 0.1) is 22.4 Å². The van der Waals surface area contributed by atoms with Crippen LogP contribution in [0.2, 0.25) is 0 Å². The number of carbonyl (C=O) groups excluding carboxylic acids is 1. The Bertz CT molecular complexity index is 1140. The molecule has 1 amide bonds. The van der Waals surface area contributed by atoms with Crippen molar-refractivity contribution in [3.63, 3.8) is 0 Å². The molecule has 0 aliphatic carbocycles. The smallest absolute Gasteiger partial charge is 0.281 e. The van der Waals surface area contributed by atoms with Gasteiger partial charge in [-0.1, -0.05) is 41.7 Å². The maximum Gasteiger partial charge on any atom is 0.281 e. The Morgan fingerprint density at radius 1 is 1.19 bits per heavy atom. The molecule has 5 nitrogen and oxygen atoms in total. The van der Waals surface area contributed by atoms with Crippen LogP contribution >= 0.6 is 11.3 Å². The molecule has 4 rings (SSSR count). The molecule has 0 aliphatic rings. The van der Waals surface area contributed by atoms with E-state index >= 15 is 0 Å². The van der Waals surface area contributed by atoms with Gasteiger partial charge in [-0.3, -0.25) is 4.79 Å². The molecule has 0 bridgehead atoms. The average Bonchev–Trinajstić information content (AvgIpc) is 3.24. The minimum absolute atomic E-state index is 0.237. The Kier molecular flexibility index (Phi) is 4.69. The standard InChI is InChI=1S/C20H19N3O2S/c1-2-25-12-11-23-17-9-5-6-10-18(17)26-20(23)22-19(24)15-13-21-16-8-4-3-7-14(15)16/h3-10,13,21H,2,11-12H2,1H3. The number of H-pyrrole nitrogens is 1. The number of fused-ring (bicyclic) bond motifs is 2. The summed E-state index contributed by atoms with van der Waals surface area (Å²) in [5, 5.41) is 0.892. The normalized spacial score (nSPS) is 12.3. The lowest BCUT2D eigenvalue weighted by Crippen LogP contribution is -2.19. The van der Waals surface area contributed by atoms with Crippen molar-refractivity contribution in [3.05, 3.63) is 65.1 Å². The first-order valence-corrected chi connectivity index (χ1v) is 9.41. The molecule has 0 radical (unpaired) electrons. The van der Waals surface area contributed by atoms with Crippen LogP contribution in [0.25, 0.3) is 21.1 Å². The Labute approximate surface area is 154 Å². The van der Waals surface area contributed by atoms with E-state index in [0.29, 0.717) is 30.1 Å². The molecular formula is C20H19N3O2S. The van der Waals surface area contributed by atoms with Crippen LogP contribution in [0.15, 0.2) is 59.7 Å². The van der Waals surface area contributed by atoms with Crippen molar-refractivity contribution < 1.29 is 9.53 Å². The summed E-state index contributed by atoms with van der Waals surface area (Å²) >= 11 is 1.52. The second kappa shape index (κ2) is 7.27. The summed E-state index contributed by atoms with van der Waals surface area (Å²) in [7, 11) is 0. The van der Waals surface area contributed by atoms with Crippen molar-refractivity contribution in [3.8, 4) is 0 Å². The third-order valence-corrected chi connectivity index (χ3v) is 5.33. The van der Waals surface area contributed by atoms with Gasteiger partial charge < -0.3 is 14.3 Å². The number of para-hydroxylation sites is 2. The largest absolute Gasteiger partial charge is 0.380 e. The number of hydrogen-bond donors (Lipinski definition) is 1. The van der Waals surface area contributed by atoms with Gasteiger partial charge in [0.1, 0.15) is 0 Å². The molecule has 1 N–H and O–H groups in total. The van der Waals surface area contributed by atoms with Gasteiger partial charge in [-0.05, 0) is 25.1 Å². The summed E-state index contributed by atoms with van der Waals surface area (Å²) in [5.41, 5.74) is 2.60. The van der Waals surface area contributed by atoms with Crippen LogP contribution in [0.5, 0.6) is 0 Å². The zero-order valence-corrected chi connectivity index (χ0v) is 15.3. The van der Waals surface area contributed by atoms with Crippen molar-refractivity contribution >= 4 is 38.4 Å². The third kappa shape index (κ3) is 3.09. The fraction of sp³-hybridized carbons (Fsp3) is 0.200. The zero-order chi connectivity index (χ0) is 17.9. The topological polar surface area (TPSA) is 59.4 Å². The van der Waals surface area contributed by atoms with E-state index in [1.165, 1.54) is 11.3 Å². The maximum atomic E-state index is 12.8. The van der Waals surface area contributed by atoms with Gasteiger partial charge in [0.25, 0.3) is 5.91 Å². The van der Waals surface area contributed by atoms with Gasteiger partial charge in [0, 0.05) is 30.3 Å². The monoisotopic (exact) mass is 365 g/mol. The molecule has 0 saturated heterocycles. The predicted molar refractivity (Wildman–Crippen MR) is 105 cm³/mol. The van der Waals surface area contributed by atoms with Crippen LogP contribution in [0.3, 0.4) is 0 Å². The molecule has 0 spiro atoms. The van der Waals surface area contributed by atoms with Crippen LogP contribution in [-0.2, 0) is 11.3 Å². The van der Waals surface area contributed by atoms with E-state index in [4.69, 9.17) is 4.74 Å². The van der Waals surface area contributed by atoms with E-state index in [-0.39, 0.29) is 5.91 Å². The number of benzene rings is 2. The van der Waals surface area contributed by atoms with Gasteiger partial charge in [-0.25, -0.2) is 0 Å². The highest BCUT2D eigenvalue weighted by Crippen LogP contribution is 2.20. The van der Waals surface area contributed by atoms with Gasteiger partial charge in [-0.2, -0.15) is 4.99 Å². The number of ether oxygens (including phenoxy) is 1. The fourth-order valence-corrected chi connectivity index (χ4v) is 4.07. The first kappa shape index (κ1) is 16.8. The number of nitrogens with zero attached hydrogens (tertiary/aromatic N) is 2. The van der Waals surface area contributed by atoms with E-state index in [1.807, 2.05) is 55.5 Å². The third-order valence-electron chi connectivity index (χ3n) is 4.27. The molecule has 0 fully saturated rings. The predicted octanol–water partition coefficient (Wildman–Crippen LogP) is 3.96. The molecule has 26 heavy (non-hydrogen) atoms. The number of aromatic amines is 1. The molecule has 132 valence electrons. The van der Waals surface area contributed by atoms with E-state index in [1.54, 1.807) is 6.20 Å². The van der Waals surface area contributed by atoms with E-state index < -0.39 is 0 Å². The summed E-state index contributed by atoms with van der Waals surface area (Å²) in [5.74, 6) is -0.237. The average molecular weight is 365 g/mol. The number of carbonyl (C=O) groups is 1. The van der Waals surface area contributed by atoms with Crippen LogP contribution in [0.1, 0.15) is 17.3 Å². The molecule has 0 unspecified atom stereocenters. The lowest BCUT2D eigenvalue weighted by Gasteiger charge is -2.05. The number of rotatable bonds is 5. The first-order valence-electron chi connectivity index (χ1n) is 8.59. The van der Waals surface area contributed by atoms with E-state index in [9.17, 15) is 4.79 Å². The second-order valence-corrected chi connectivity index (χ2v) is 6.87. The van der Waals surface area contributed by atoms with Crippen molar-refractivity contribution in [1.29, 1.82) is 0 Å². The lowest BCUT2D eigenvalue weighted by molar-refractivity contribution is 0.0998. The second-order valence-electron chi connectivity index (χ2n) is 5.87. The summed E-state index contributed by atoms with van der Waals surface area (Å²) < 4.78 is 8.66. The molecule has 0 aliphatic heterocycles. The van der Waals surface area contributed by atoms with E-state index in [2.05, 4.69) is 14.5 Å². The Morgan fingerprint density at radius 3 is 2.88 bits per heavy atom. The molecule has 0 saturated carbocycles. The molecule has 2 heterocycles. The van der Waals surface area contributed by atoms with Crippen molar-refractivity contribution in [2.75, 3.05) is 13.2 Å². The van der Waals surface area contributed by atoms with Gasteiger partial charge in [0.15, 0.2) is 4.80 Å². The number of nitrogens with one attached hydrogen (secondary N) is 1. The SMILES string of the molecule is CCOCCn1c(=NC(=O)c2c[nH]c3ccccc23)sc2ccccc21. The van der Waals surface area contributed by atoms with Crippen LogP contribution in [0, 0.1) is 0 Å². The van der Waals surface area contributed by atoms with E-state index in [0.717, 1.165) is 21.1 Å². The Hall–Kier alpha value is -2.70. The van der Waals surface area contributed by atoms with Crippen molar-refractivity contribution in [1.82, 2.24) is 9.55 Å². The lowest BCUT2D eigenvalue weighted by atomic mass is 10.2. The van der Waals surface area contributed by atoms with Gasteiger partial charge in [0.2, 0.25) is 0 Å². The summed E-state index contributed by atoms with van der Waals surface area (Å²) in [4.78, 5) is 21.1. The Morgan fingerprint density at radius 2 is 2.00 bits per heavy atom. The number of aromatic nitrogens is 2. The summed E-state index contributed by atoms with van der Waals surface area (Å²) in [6.45, 7) is 3.90. The van der Waals surface area contributed by atoms with Crippen LogP contribution in [0.4, 0.5) is 0 Å². The van der Waals surface area contributed by atoms with Crippen molar-refractivity contribution in [2.45, 2.75) is 13.5 Å². The van der Waals surface area contributed by atoms with Crippen LogP contribution < -0.4 is 4.80 Å². The molecule has 2 aromatic carbocycles. The molecule has 4 aromatic rings. The fourth-order valence-electron chi connectivity index (χ4n) is 3.02. The van der Waals surface area contributed by atoms with Crippen molar-refractivity contribution in [2.24, 2.45) is 4.99 Å². The summed E-state index contributed by atoms with van der Waals surface area (Å²) in [6.07, 6.45) is 1.73. The molecule has 0 atom stereocenters. The summed E-state index contributed by atoms with van der Waals surface area (Å²) in [6, 6.07) is 15.8. The number of hydrogen-bond acceptors (Lipinski definition) is 3. The number of amides is 1. The highest BCUT2D eigenvalue weighted by molar-refractivity contribution is 7.16. The quantitative estimate of drug-likeness (QED) is 0.544. The Balaban J connectivity index is 1.79. The maximum absolute atomic E-state index is 12.8. The zero-order valence-electron chi connectivity index (χ0n) is 14.4. The number of thiazole rings is 1. The van der Waals surface area contributed by atoms with Crippen LogP contribution in [-0.4, -0.2) is 28.7 Å².